The summed E-state index contributed by atoms with van der Waals surface area (Å²) in [7, 11) is 3.36. The van der Waals surface area contributed by atoms with E-state index in [-0.39, 0.29) is 41.8 Å². The summed E-state index contributed by atoms with van der Waals surface area (Å²) >= 11 is 0. The van der Waals surface area contributed by atoms with Crippen LogP contribution in [0.2, 0.25) is 0 Å². The standard InChI is InChI=1S/C17H34N4O3.HI/c1-4-18-16(20-13-15(22)19-10-12-24-3)21-14-17(9-11-23-2)7-5-6-8-17;/h4-14H2,1-3H3,(H,19,22)(H2,18,20,21);1H. The van der Waals surface area contributed by atoms with Gasteiger partial charge in [0.05, 0.1) is 6.61 Å². The van der Waals surface area contributed by atoms with E-state index in [4.69, 9.17) is 9.47 Å². The van der Waals surface area contributed by atoms with E-state index in [0.717, 1.165) is 26.1 Å². The van der Waals surface area contributed by atoms with Gasteiger partial charge in [-0.05, 0) is 31.6 Å². The molecule has 0 aromatic carbocycles. The lowest BCUT2D eigenvalue weighted by Gasteiger charge is -2.29. The minimum Gasteiger partial charge on any atom is -0.385 e. The van der Waals surface area contributed by atoms with Crippen molar-refractivity contribution in [3.8, 4) is 0 Å². The van der Waals surface area contributed by atoms with Gasteiger partial charge in [-0.25, -0.2) is 4.99 Å². The lowest BCUT2D eigenvalue weighted by atomic mass is 9.83. The van der Waals surface area contributed by atoms with Crippen LogP contribution in [-0.4, -0.2) is 65.5 Å². The molecule has 1 saturated carbocycles. The molecule has 1 amide bonds. The van der Waals surface area contributed by atoms with Gasteiger partial charge in [-0.3, -0.25) is 4.79 Å². The van der Waals surface area contributed by atoms with Crippen molar-refractivity contribution in [2.45, 2.75) is 39.0 Å². The summed E-state index contributed by atoms with van der Waals surface area (Å²) in [5.41, 5.74) is 0.285. The van der Waals surface area contributed by atoms with Gasteiger partial charge in [0.2, 0.25) is 5.91 Å². The Morgan fingerprint density at radius 2 is 1.76 bits per heavy atom. The van der Waals surface area contributed by atoms with Crippen molar-refractivity contribution in [1.29, 1.82) is 0 Å². The fourth-order valence-electron chi connectivity index (χ4n) is 3.07. The van der Waals surface area contributed by atoms with Crippen molar-refractivity contribution in [2.75, 3.05) is 53.6 Å². The maximum atomic E-state index is 11.7. The number of nitrogens with one attached hydrogen (secondary N) is 3. The van der Waals surface area contributed by atoms with Gasteiger partial charge in [0.25, 0.3) is 0 Å². The first-order valence-corrected chi connectivity index (χ1v) is 8.92. The monoisotopic (exact) mass is 470 g/mol. The van der Waals surface area contributed by atoms with E-state index in [1.54, 1.807) is 14.2 Å². The van der Waals surface area contributed by atoms with E-state index in [2.05, 4.69) is 20.9 Å². The number of halogens is 1. The minimum atomic E-state index is -0.0979. The average molecular weight is 470 g/mol. The highest BCUT2D eigenvalue weighted by molar-refractivity contribution is 14.0. The molecule has 0 saturated heterocycles. The normalized spacial score (nSPS) is 16.2. The number of hydrogen-bond donors (Lipinski definition) is 3. The smallest absolute Gasteiger partial charge is 0.241 e. The Labute approximate surface area is 169 Å². The molecule has 1 rings (SSSR count). The number of ether oxygens (including phenoxy) is 2. The molecule has 1 aliphatic rings. The average Bonchev–Trinajstić information content (AvgIpc) is 3.05. The number of methoxy groups -OCH3 is 2. The summed E-state index contributed by atoms with van der Waals surface area (Å²) in [4.78, 5) is 16.1. The number of guanidine groups is 1. The highest BCUT2D eigenvalue weighted by Crippen LogP contribution is 2.40. The lowest BCUT2D eigenvalue weighted by molar-refractivity contribution is -0.119. The highest BCUT2D eigenvalue weighted by Gasteiger charge is 2.33. The summed E-state index contributed by atoms with van der Waals surface area (Å²) in [5.74, 6) is 0.599. The Kier molecular flexibility index (Phi) is 14.2. The van der Waals surface area contributed by atoms with Crippen LogP contribution in [0.4, 0.5) is 0 Å². The first-order valence-electron chi connectivity index (χ1n) is 8.92. The fourth-order valence-corrected chi connectivity index (χ4v) is 3.07. The topological polar surface area (TPSA) is 84.0 Å². The van der Waals surface area contributed by atoms with Gasteiger partial charge in [-0.2, -0.15) is 0 Å². The second-order valence-electron chi connectivity index (χ2n) is 6.34. The van der Waals surface area contributed by atoms with Gasteiger partial charge in [-0.15, -0.1) is 24.0 Å². The fraction of sp³-hybridized carbons (Fsp3) is 0.882. The minimum absolute atomic E-state index is 0. The number of aliphatic imine (C=N–C) groups is 1. The molecule has 0 aromatic heterocycles. The molecule has 25 heavy (non-hydrogen) atoms. The molecular formula is C17H35IN4O3. The first kappa shape index (κ1) is 24.4. The van der Waals surface area contributed by atoms with Crippen molar-refractivity contribution in [3.05, 3.63) is 0 Å². The molecule has 7 nitrogen and oxygen atoms in total. The first-order chi connectivity index (χ1) is 11.7. The van der Waals surface area contributed by atoms with Crippen LogP contribution in [-0.2, 0) is 14.3 Å². The molecule has 0 unspecified atom stereocenters. The Balaban J connectivity index is 0.00000576. The van der Waals surface area contributed by atoms with Crippen molar-refractivity contribution in [3.63, 3.8) is 0 Å². The molecule has 3 N–H and O–H groups in total. The summed E-state index contributed by atoms with van der Waals surface area (Å²) in [5, 5.41) is 9.39. The van der Waals surface area contributed by atoms with Crippen LogP contribution in [0.5, 0.6) is 0 Å². The van der Waals surface area contributed by atoms with Gasteiger partial charge in [-0.1, -0.05) is 12.8 Å². The SMILES string of the molecule is CCNC(=NCC(=O)NCCOC)NCC1(CCOC)CCCC1.I. The molecule has 8 heteroatoms. The highest BCUT2D eigenvalue weighted by atomic mass is 127. The predicted molar refractivity (Wildman–Crippen MR) is 112 cm³/mol. The molecular weight excluding hydrogens is 435 g/mol. The van der Waals surface area contributed by atoms with Crippen LogP contribution >= 0.6 is 24.0 Å². The Morgan fingerprint density at radius 3 is 2.36 bits per heavy atom. The van der Waals surface area contributed by atoms with Gasteiger partial charge in [0.15, 0.2) is 5.96 Å². The molecule has 0 spiro atoms. The number of carbonyl (C=O) groups is 1. The summed E-state index contributed by atoms with van der Waals surface area (Å²) in [6, 6.07) is 0. The molecule has 0 heterocycles. The zero-order chi connectivity index (χ0) is 17.7. The number of hydrogen-bond acceptors (Lipinski definition) is 4. The second kappa shape index (κ2) is 14.5. The number of amides is 1. The Morgan fingerprint density at radius 1 is 1.08 bits per heavy atom. The molecule has 0 aromatic rings. The molecule has 1 fully saturated rings. The van der Waals surface area contributed by atoms with E-state index in [1.165, 1.54) is 25.7 Å². The summed E-state index contributed by atoms with van der Waals surface area (Å²) < 4.78 is 10.2. The van der Waals surface area contributed by atoms with Crippen LogP contribution in [0.25, 0.3) is 0 Å². The van der Waals surface area contributed by atoms with E-state index >= 15 is 0 Å². The second-order valence-corrected chi connectivity index (χ2v) is 6.34. The predicted octanol–water partition coefficient (Wildman–Crippen LogP) is 1.52. The maximum Gasteiger partial charge on any atom is 0.241 e. The molecule has 0 radical (unpaired) electrons. The zero-order valence-corrected chi connectivity index (χ0v) is 18.2. The van der Waals surface area contributed by atoms with E-state index in [9.17, 15) is 4.79 Å². The van der Waals surface area contributed by atoms with Crippen molar-refractivity contribution >= 4 is 35.8 Å². The molecule has 0 atom stereocenters. The number of nitrogens with zero attached hydrogens (tertiary/aromatic N) is 1. The third-order valence-corrected chi connectivity index (χ3v) is 4.48. The van der Waals surface area contributed by atoms with Crippen LogP contribution in [0.1, 0.15) is 39.0 Å². The van der Waals surface area contributed by atoms with Crippen LogP contribution in [0.3, 0.4) is 0 Å². The number of rotatable bonds is 11. The summed E-state index contributed by atoms with van der Waals surface area (Å²) in [6.07, 6.45) is 6.07. The molecule has 148 valence electrons. The quantitative estimate of drug-likeness (QED) is 0.185. The zero-order valence-electron chi connectivity index (χ0n) is 15.9. The van der Waals surface area contributed by atoms with E-state index in [0.29, 0.717) is 19.1 Å². The van der Waals surface area contributed by atoms with Crippen molar-refractivity contribution < 1.29 is 14.3 Å². The van der Waals surface area contributed by atoms with Crippen molar-refractivity contribution in [1.82, 2.24) is 16.0 Å². The van der Waals surface area contributed by atoms with Gasteiger partial charge in [0, 0.05) is 40.5 Å². The van der Waals surface area contributed by atoms with Crippen LogP contribution < -0.4 is 16.0 Å². The summed E-state index contributed by atoms with van der Waals surface area (Å²) in [6.45, 7) is 5.58. The molecule has 0 bridgehead atoms. The van der Waals surface area contributed by atoms with Crippen LogP contribution in [0, 0.1) is 5.41 Å². The lowest BCUT2D eigenvalue weighted by Crippen LogP contribution is -2.44. The maximum absolute atomic E-state index is 11.7. The van der Waals surface area contributed by atoms with Crippen molar-refractivity contribution in [2.24, 2.45) is 10.4 Å². The van der Waals surface area contributed by atoms with Crippen LogP contribution in [0.15, 0.2) is 4.99 Å². The molecule has 1 aliphatic carbocycles. The third kappa shape index (κ3) is 10.2. The Hall–Kier alpha value is -0.610. The van der Waals surface area contributed by atoms with Gasteiger partial charge < -0.3 is 25.4 Å². The number of carbonyl (C=O) groups excluding carboxylic acids is 1. The third-order valence-electron chi connectivity index (χ3n) is 4.48. The van der Waals surface area contributed by atoms with E-state index < -0.39 is 0 Å². The van der Waals surface area contributed by atoms with Gasteiger partial charge in [0.1, 0.15) is 6.54 Å². The Bertz CT molecular complexity index is 388. The largest absolute Gasteiger partial charge is 0.385 e. The molecule has 0 aliphatic heterocycles. The van der Waals surface area contributed by atoms with Gasteiger partial charge >= 0.3 is 0 Å². The van der Waals surface area contributed by atoms with E-state index in [1.807, 2.05) is 6.92 Å².